The van der Waals surface area contributed by atoms with Crippen molar-refractivity contribution in [2.75, 3.05) is 5.32 Å². The molecule has 4 aromatic rings. The Labute approximate surface area is 189 Å². The smallest absolute Gasteiger partial charge is 0.308 e. The molecule has 0 amide bonds. The van der Waals surface area contributed by atoms with Crippen LogP contribution in [0.5, 0.6) is 0 Å². The maximum absolute atomic E-state index is 14.0. The number of hydrogen-bond acceptors (Lipinski definition) is 5. The van der Waals surface area contributed by atoms with Gasteiger partial charge in [0.15, 0.2) is 0 Å². The Hall–Kier alpha value is -3.55. The summed E-state index contributed by atoms with van der Waals surface area (Å²) in [6.45, 7) is 2.00. The molecule has 2 atom stereocenters. The molecule has 3 aromatic heterocycles. The number of rotatable bonds is 4. The molecule has 3 N–H and O–H groups in total. The van der Waals surface area contributed by atoms with Crippen molar-refractivity contribution in [3.63, 3.8) is 0 Å². The average Bonchev–Trinajstić information content (AvgIpc) is 3.22. The first-order valence-corrected chi connectivity index (χ1v) is 11.4. The van der Waals surface area contributed by atoms with Crippen LogP contribution in [0.25, 0.3) is 33.2 Å². The number of anilines is 1. The predicted molar refractivity (Wildman–Crippen MR) is 123 cm³/mol. The molecule has 2 bridgehead atoms. The van der Waals surface area contributed by atoms with Crippen LogP contribution in [0.2, 0.25) is 0 Å². The Morgan fingerprint density at radius 1 is 1.18 bits per heavy atom. The van der Waals surface area contributed by atoms with Gasteiger partial charge in [0.25, 0.3) is 0 Å². The average molecular weight is 445 g/mol. The van der Waals surface area contributed by atoms with E-state index in [4.69, 9.17) is 9.97 Å². The van der Waals surface area contributed by atoms with Crippen molar-refractivity contribution in [2.24, 2.45) is 17.8 Å². The van der Waals surface area contributed by atoms with Crippen molar-refractivity contribution in [1.82, 2.24) is 19.9 Å². The van der Waals surface area contributed by atoms with Crippen LogP contribution < -0.4 is 5.32 Å². The summed E-state index contributed by atoms with van der Waals surface area (Å²) in [6, 6.07) is 7.11. The van der Waals surface area contributed by atoms with Crippen molar-refractivity contribution in [3.05, 3.63) is 48.0 Å². The van der Waals surface area contributed by atoms with Crippen LogP contribution in [0.1, 0.15) is 31.2 Å². The monoisotopic (exact) mass is 445 g/mol. The van der Waals surface area contributed by atoms with Crippen LogP contribution in [0.4, 0.5) is 10.3 Å². The number of aromatic amines is 1. The molecule has 33 heavy (non-hydrogen) atoms. The molecule has 0 unspecified atom stereocenters. The summed E-state index contributed by atoms with van der Waals surface area (Å²) in [7, 11) is 0. The zero-order valence-corrected chi connectivity index (χ0v) is 18.2. The molecule has 1 aromatic carbocycles. The van der Waals surface area contributed by atoms with Gasteiger partial charge in [-0.05, 0) is 62.1 Å². The van der Waals surface area contributed by atoms with Crippen molar-refractivity contribution >= 4 is 33.9 Å². The Morgan fingerprint density at radius 3 is 2.76 bits per heavy atom. The standard InChI is InChI=1S/C25H24FN5O2/c1-12-3-2-4-18-19(12)22(17-11-28-23-16(17)9-15(26)10-27-23)31-25(29-18)30-21-14-7-5-13(6-8-14)20(21)24(32)33/h2-4,9-11,13-14,20-21H,5-8H2,1H3,(H,27,28)(H,32,33)(H,29,30,31)/t13?,14?,20-,21-/m0/s1. The third-order valence-corrected chi connectivity index (χ3v) is 7.48. The minimum atomic E-state index is -0.753. The molecule has 7 rings (SSSR count). The number of aryl methyl sites for hydroxylation is 1. The second-order valence-corrected chi connectivity index (χ2v) is 9.33. The van der Waals surface area contributed by atoms with E-state index in [1.165, 1.54) is 12.3 Å². The molecule has 0 radical (unpaired) electrons. The summed E-state index contributed by atoms with van der Waals surface area (Å²) in [4.78, 5) is 29.0. The molecule has 3 saturated carbocycles. The van der Waals surface area contributed by atoms with Gasteiger partial charge in [-0.3, -0.25) is 4.79 Å². The Kier molecular flexibility index (Phi) is 4.57. The Morgan fingerprint density at radius 2 is 1.97 bits per heavy atom. The number of pyridine rings is 1. The van der Waals surface area contributed by atoms with Crippen molar-refractivity contribution in [1.29, 1.82) is 0 Å². The quantitative estimate of drug-likeness (QED) is 0.412. The number of H-pyrrole nitrogens is 1. The third-order valence-electron chi connectivity index (χ3n) is 7.48. The summed E-state index contributed by atoms with van der Waals surface area (Å²) in [5.74, 6) is -0.719. The van der Waals surface area contributed by atoms with Crippen LogP contribution >= 0.6 is 0 Å². The van der Waals surface area contributed by atoms with Crippen molar-refractivity contribution < 1.29 is 14.3 Å². The van der Waals surface area contributed by atoms with E-state index in [-0.39, 0.29) is 12.0 Å². The summed E-state index contributed by atoms with van der Waals surface area (Å²) in [5, 5.41) is 14.9. The minimum absolute atomic E-state index is 0.190. The summed E-state index contributed by atoms with van der Waals surface area (Å²) in [6.07, 6.45) is 6.96. The van der Waals surface area contributed by atoms with Crippen LogP contribution in [0.3, 0.4) is 0 Å². The third kappa shape index (κ3) is 3.23. The van der Waals surface area contributed by atoms with Crippen molar-refractivity contribution in [2.45, 2.75) is 38.6 Å². The fraction of sp³-hybridized carbons (Fsp3) is 0.360. The molecule has 3 aliphatic carbocycles. The highest BCUT2D eigenvalue weighted by atomic mass is 19.1. The first kappa shape index (κ1) is 20.1. The SMILES string of the molecule is Cc1cccc2nc(N[C@H]3C4CCC(CC4)[C@@H]3C(=O)O)nc(-c3c[nH]c4ncc(F)cc34)c12. The zero-order valence-electron chi connectivity index (χ0n) is 18.2. The summed E-state index contributed by atoms with van der Waals surface area (Å²) in [5.41, 5.74) is 3.76. The van der Waals surface area contributed by atoms with E-state index < -0.39 is 17.7 Å². The van der Waals surface area contributed by atoms with E-state index >= 15 is 0 Å². The highest BCUT2D eigenvalue weighted by Crippen LogP contribution is 2.46. The van der Waals surface area contributed by atoms with Gasteiger partial charge in [0.2, 0.25) is 5.95 Å². The van der Waals surface area contributed by atoms with Crippen LogP contribution in [-0.2, 0) is 4.79 Å². The minimum Gasteiger partial charge on any atom is -0.481 e. The molecule has 3 fully saturated rings. The lowest BCUT2D eigenvalue weighted by Gasteiger charge is -2.46. The molecule has 7 nitrogen and oxygen atoms in total. The van der Waals surface area contributed by atoms with E-state index in [2.05, 4.69) is 15.3 Å². The second kappa shape index (κ2) is 7.50. The lowest BCUT2D eigenvalue weighted by atomic mass is 9.61. The molecule has 0 spiro atoms. The largest absolute Gasteiger partial charge is 0.481 e. The molecule has 8 heteroatoms. The topological polar surface area (TPSA) is 104 Å². The molecule has 3 aliphatic rings. The van der Waals surface area contributed by atoms with Gasteiger partial charge in [0, 0.05) is 28.6 Å². The van der Waals surface area contributed by atoms with E-state index in [0.29, 0.717) is 28.6 Å². The summed E-state index contributed by atoms with van der Waals surface area (Å²) < 4.78 is 14.0. The van der Waals surface area contributed by atoms with Gasteiger partial charge in [0.1, 0.15) is 11.5 Å². The number of nitrogens with one attached hydrogen (secondary N) is 2. The Bertz CT molecular complexity index is 1390. The number of halogens is 1. The molecule has 0 aliphatic heterocycles. The van der Waals surface area contributed by atoms with Gasteiger partial charge in [-0.2, -0.15) is 0 Å². The number of nitrogens with zero attached hydrogens (tertiary/aromatic N) is 3. The van der Waals surface area contributed by atoms with E-state index in [9.17, 15) is 14.3 Å². The predicted octanol–water partition coefficient (Wildman–Crippen LogP) is 4.92. The number of carboxylic acids is 1. The number of fused-ring (bicyclic) bond motifs is 5. The normalized spacial score (nSPS) is 24.4. The van der Waals surface area contributed by atoms with Gasteiger partial charge < -0.3 is 15.4 Å². The second-order valence-electron chi connectivity index (χ2n) is 9.33. The van der Waals surface area contributed by atoms with Gasteiger partial charge in [-0.1, -0.05) is 12.1 Å². The fourth-order valence-corrected chi connectivity index (χ4v) is 5.95. The van der Waals surface area contributed by atoms with Gasteiger partial charge in [0.05, 0.1) is 23.3 Å². The molecular weight excluding hydrogens is 421 g/mol. The highest BCUT2D eigenvalue weighted by Gasteiger charge is 2.47. The number of aromatic nitrogens is 4. The fourth-order valence-electron chi connectivity index (χ4n) is 5.95. The van der Waals surface area contributed by atoms with Gasteiger partial charge in [-0.25, -0.2) is 19.3 Å². The highest BCUT2D eigenvalue weighted by molar-refractivity contribution is 6.03. The molecule has 3 heterocycles. The van der Waals surface area contributed by atoms with Crippen LogP contribution in [0.15, 0.2) is 36.7 Å². The molecule has 168 valence electrons. The number of carbonyl (C=O) groups is 1. The Balaban J connectivity index is 1.51. The summed E-state index contributed by atoms with van der Waals surface area (Å²) >= 11 is 0. The maximum atomic E-state index is 14.0. The van der Waals surface area contributed by atoms with E-state index in [1.54, 1.807) is 6.20 Å². The lowest BCUT2D eigenvalue weighted by molar-refractivity contribution is -0.148. The molecular formula is C25H24FN5O2. The van der Waals surface area contributed by atoms with Gasteiger partial charge in [-0.15, -0.1) is 0 Å². The first-order chi connectivity index (χ1) is 16.0. The lowest BCUT2D eigenvalue weighted by Crippen LogP contribution is -2.51. The number of hydrogen-bond donors (Lipinski definition) is 3. The van der Waals surface area contributed by atoms with E-state index in [0.717, 1.165) is 47.7 Å². The number of carboxylic acid groups (broad SMARTS) is 1. The molecule has 0 saturated heterocycles. The first-order valence-electron chi connectivity index (χ1n) is 11.4. The van der Waals surface area contributed by atoms with Crippen molar-refractivity contribution in [3.8, 4) is 11.3 Å². The number of aliphatic carboxylic acids is 1. The maximum Gasteiger partial charge on any atom is 0.308 e. The number of benzene rings is 1. The zero-order chi connectivity index (χ0) is 22.7. The van der Waals surface area contributed by atoms with Gasteiger partial charge >= 0.3 is 5.97 Å². The van der Waals surface area contributed by atoms with E-state index in [1.807, 2.05) is 25.1 Å². The van der Waals surface area contributed by atoms with Crippen LogP contribution in [0, 0.1) is 30.5 Å². The van der Waals surface area contributed by atoms with Crippen LogP contribution in [-0.4, -0.2) is 37.1 Å².